The molecule has 3 rings (SSSR count). The minimum Gasteiger partial charge on any atom is -0.252 e. The number of nitrogens with zero attached hydrogens (tertiary/aromatic N) is 5. The van der Waals surface area contributed by atoms with Crippen molar-refractivity contribution in [3.63, 3.8) is 0 Å². The summed E-state index contributed by atoms with van der Waals surface area (Å²) < 4.78 is 1.61. The lowest BCUT2D eigenvalue weighted by atomic mass is 10.3. The van der Waals surface area contributed by atoms with E-state index in [1.807, 2.05) is 12.1 Å². The Morgan fingerprint density at radius 3 is 3.31 bits per heavy atom. The normalized spacial score (nSPS) is 11.1. The van der Waals surface area contributed by atoms with Gasteiger partial charge in [0.15, 0.2) is 0 Å². The number of aromatic nitrogens is 5. The zero-order valence-electron chi connectivity index (χ0n) is 6.62. The van der Waals surface area contributed by atoms with Crippen LogP contribution >= 0.6 is 0 Å². The van der Waals surface area contributed by atoms with Crippen LogP contribution in [0.1, 0.15) is 0 Å². The van der Waals surface area contributed by atoms with Gasteiger partial charge >= 0.3 is 0 Å². The van der Waals surface area contributed by atoms with Gasteiger partial charge in [-0.3, -0.25) is 4.98 Å². The maximum absolute atomic E-state index is 4.22. The van der Waals surface area contributed by atoms with Crippen LogP contribution in [0.3, 0.4) is 0 Å². The van der Waals surface area contributed by atoms with Crippen molar-refractivity contribution in [3.8, 4) is 0 Å². The first-order valence-corrected chi connectivity index (χ1v) is 3.85. The lowest BCUT2D eigenvalue weighted by Gasteiger charge is -1.95. The van der Waals surface area contributed by atoms with Crippen molar-refractivity contribution in [1.29, 1.82) is 0 Å². The third-order valence-corrected chi connectivity index (χ3v) is 1.90. The van der Waals surface area contributed by atoms with Crippen molar-refractivity contribution in [3.05, 3.63) is 30.9 Å². The fourth-order valence-corrected chi connectivity index (χ4v) is 1.30. The SMILES string of the molecule is c1cnc2c(c1)cnn1cnnc21. The summed E-state index contributed by atoms with van der Waals surface area (Å²) in [6, 6.07) is 3.82. The van der Waals surface area contributed by atoms with Gasteiger partial charge in [0.05, 0.1) is 6.20 Å². The van der Waals surface area contributed by atoms with Gasteiger partial charge in [-0.15, -0.1) is 10.2 Å². The Bertz CT molecular complexity index is 571. The number of pyridine rings is 1. The van der Waals surface area contributed by atoms with Crippen LogP contribution in [-0.2, 0) is 0 Å². The highest BCUT2D eigenvalue weighted by Gasteiger charge is 2.02. The molecule has 0 saturated heterocycles. The third kappa shape index (κ3) is 0.807. The summed E-state index contributed by atoms with van der Waals surface area (Å²) in [6.07, 6.45) is 5.04. The molecule has 0 aliphatic carbocycles. The van der Waals surface area contributed by atoms with Crippen LogP contribution in [-0.4, -0.2) is 24.8 Å². The lowest BCUT2D eigenvalue weighted by Crippen LogP contribution is -1.91. The molecule has 3 aromatic heterocycles. The van der Waals surface area contributed by atoms with Gasteiger partial charge in [-0.25, -0.2) is 0 Å². The number of hydrogen-bond acceptors (Lipinski definition) is 4. The van der Waals surface area contributed by atoms with E-state index in [0.717, 1.165) is 10.9 Å². The maximum Gasteiger partial charge on any atom is 0.203 e. The zero-order valence-corrected chi connectivity index (χ0v) is 6.62. The quantitative estimate of drug-likeness (QED) is 0.499. The summed E-state index contributed by atoms with van der Waals surface area (Å²) in [7, 11) is 0. The Hall–Kier alpha value is -2.04. The Labute approximate surface area is 73.0 Å². The van der Waals surface area contributed by atoms with E-state index in [0.29, 0.717) is 5.65 Å². The molecule has 0 spiro atoms. The van der Waals surface area contributed by atoms with E-state index in [-0.39, 0.29) is 0 Å². The van der Waals surface area contributed by atoms with Gasteiger partial charge in [0.2, 0.25) is 5.65 Å². The summed E-state index contributed by atoms with van der Waals surface area (Å²) >= 11 is 0. The Morgan fingerprint density at radius 1 is 1.31 bits per heavy atom. The summed E-state index contributed by atoms with van der Waals surface area (Å²) in [6.45, 7) is 0. The lowest BCUT2D eigenvalue weighted by molar-refractivity contribution is 0.934. The Morgan fingerprint density at radius 2 is 2.31 bits per heavy atom. The minimum absolute atomic E-state index is 0.693. The molecule has 0 amide bonds. The number of rotatable bonds is 0. The molecule has 0 aromatic carbocycles. The highest BCUT2D eigenvalue weighted by molar-refractivity contribution is 5.88. The highest BCUT2D eigenvalue weighted by Crippen LogP contribution is 2.12. The molecule has 5 nitrogen and oxygen atoms in total. The summed E-state index contributed by atoms with van der Waals surface area (Å²) in [5, 5.41) is 12.8. The molecular formula is C8H5N5. The summed E-state index contributed by atoms with van der Waals surface area (Å²) in [5.74, 6) is 0. The average Bonchev–Trinajstić information content (AvgIpc) is 2.65. The molecule has 3 aromatic rings. The monoisotopic (exact) mass is 171 g/mol. The molecule has 0 bridgehead atoms. The molecule has 0 unspecified atom stereocenters. The molecule has 13 heavy (non-hydrogen) atoms. The molecule has 0 fully saturated rings. The first-order chi connectivity index (χ1) is 6.45. The van der Waals surface area contributed by atoms with Crippen LogP contribution in [0.25, 0.3) is 16.6 Å². The average molecular weight is 171 g/mol. The molecule has 0 atom stereocenters. The zero-order chi connectivity index (χ0) is 8.67. The standard InChI is InChI=1S/C8H5N5/c1-2-6-4-11-13-5-10-12-8(13)7(6)9-3-1/h1-5H. The molecule has 0 N–H and O–H groups in total. The van der Waals surface area contributed by atoms with E-state index in [4.69, 9.17) is 0 Å². The predicted octanol–water partition coefficient (Wildman–Crippen LogP) is 0.672. The molecule has 0 aliphatic rings. The fraction of sp³-hybridized carbons (Fsp3) is 0. The van der Waals surface area contributed by atoms with Crippen LogP contribution in [0.2, 0.25) is 0 Å². The Balaban J connectivity index is 2.65. The molecule has 62 valence electrons. The largest absolute Gasteiger partial charge is 0.252 e. The van der Waals surface area contributed by atoms with Gasteiger partial charge in [-0.05, 0) is 12.1 Å². The molecule has 3 heterocycles. The summed E-state index contributed by atoms with van der Waals surface area (Å²) in [4.78, 5) is 4.22. The van der Waals surface area contributed by atoms with E-state index in [9.17, 15) is 0 Å². The predicted molar refractivity (Wildman–Crippen MR) is 46.1 cm³/mol. The summed E-state index contributed by atoms with van der Waals surface area (Å²) in [5.41, 5.74) is 1.52. The smallest absolute Gasteiger partial charge is 0.203 e. The van der Waals surface area contributed by atoms with Crippen LogP contribution in [0, 0.1) is 0 Å². The molecular weight excluding hydrogens is 166 g/mol. The molecule has 0 aliphatic heterocycles. The first-order valence-electron chi connectivity index (χ1n) is 3.85. The van der Waals surface area contributed by atoms with Gasteiger partial charge in [0.1, 0.15) is 11.8 Å². The van der Waals surface area contributed by atoms with Crippen molar-refractivity contribution in [1.82, 2.24) is 24.8 Å². The topological polar surface area (TPSA) is 56.0 Å². The first kappa shape index (κ1) is 6.47. The number of hydrogen-bond donors (Lipinski definition) is 0. The molecule has 5 heteroatoms. The third-order valence-electron chi connectivity index (χ3n) is 1.90. The molecule has 0 radical (unpaired) electrons. The number of fused-ring (bicyclic) bond motifs is 3. The van der Waals surface area contributed by atoms with Crippen molar-refractivity contribution in [2.75, 3.05) is 0 Å². The second-order valence-electron chi connectivity index (χ2n) is 2.68. The second-order valence-corrected chi connectivity index (χ2v) is 2.68. The van der Waals surface area contributed by atoms with Crippen LogP contribution in [0.5, 0.6) is 0 Å². The second kappa shape index (κ2) is 2.22. The van der Waals surface area contributed by atoms with Crippen LogP contribution in [0.4, 0.5) is 0 Å². The van der Waals surface area contributed by atoms with E-state index in [2.05, 4.69) is 20.3 Å². The van der Waals surface area contributed by atoms with Gasteiger partial charge in [0.25, 0.3) is 0 Å². The van der Waals surface area contributed by atoms with E-state index in [1.54, 1.807) is 23.2 Å². The van der Waals surface area contributed by atoms with Crippen molar-refractivity contribution in [2.45, 2.75) is 0 Å². The van der Waals surface area contributed by atoms with E-state index in [1.165, 1.54) is 0 Å². The fourth-order valence-electron chi connectivity index (χ4n) is 1.30. The maximum atomic E-state index is 4.22. The van der Waals surface area contributed by atoms with Crippen molar-refractivity contribution in [2.24, 2.45) is 0 Å². The molecule has 0 saturated carbocycles. The highest BCUT2D eigenvalue weighted by atomic mass is 15.3. The van der Waals surface area contributed by atoms with Gasteiger partial charge in [0, 0.05) is 11.6 Å². The van der Waals surface area contributed by atoms with Gasteiger partial charge in [-0.1, -0.05) is 0 Å². The van der Waals surface area contributed by atoms with Gasteiger partial charge < -0.3 is 0 Å². The van der Waals surface area contributed by atoms with Crippen LogP contribution in [0.15, 0.2) is 30.9 Å². The van der Waals surface area contributed by atoms with E-state index < -0.39 is 0 Å². The minimum atomic E-state index is 0.693. The van der Waals surface area contributed by atoms with E-state index >= 15 is 0 Å². The van der Waals surface area contributed by atoms with Crippen molar-refractivity contribution < 1.29 is 0 Å². The van der Waals surface area contributed by atoms with Gasteiger partial charge in [-0.2, -0.15) is 9.61 Å². The Kier molecular flexibility index (Phi) is 1.11. The van der Waals surface area contributed by atoms with Crippen molar-refractivity contribution >= 4 is 16.6 Å². The van der Waals surface area contributed by atoms with Crippen LogP contribution < -0.4 is 0 Å².